The highest BCUT2D eigenvalue weighted by molar-refractivity contribution is 5.88. The van der Waals surface area contributed by atoms with Gasteiger partial charge in [-0.25, -0.2) is 4.79 Å². The fourth-order valence-electron chi connectivity index (χ4n) is 1.93. The van der Waals surface area contributed by atoms with Crippen LogP contribution in [0.1, 0.15) is 6.92 Å². The molecule has 0 bridgehead atoms. The maximum atomic E-state index is 11.4. The van der Waals surface area contributed by atoms with Gasteiger partial charge in [-0.2, -0.15) is 0 Å². The number of anilines is 1. The Labute approximate surface area is 125 Å². The van der Waals surface area contributed by atoms with Crippen LogP contribution in [0, 0.1) is 0 Å². The van der Waals surface area contributed by atoms with E-state index in [0.717, 1.165) is 11.3 Å². The molecule has 0 saturated carbocycles. The Kier molecular flexibility index (Phi) is 5.16. The molecule has 0 amide bonds. The van der Waals surface area contributed by atoms with Crippen LogP contribution < -0.4 is 5.32 Å². The standard InChI is InChI=1S/C18H19NO2/c1-3-21-18(20)14(2)13-19-17-11-9-16(10-12-17)15-7-5-4-6-8-15/h4-12,19H,2-3,13H2,1H3. The summed E-state index contributed by atoms with van der Waals surface area (Å²) < 4.78 is 4.89. The van der Waals surface area contributed by atoms with Crippen molar-refractivity contribution in [3.8, 4) is 11.1 Å². The quantitative estimate of drug-likeness (QED) is 0.645. The summed E-state index contributed by atoms with van der Waals surface area (Å²) in [5.74, 6) is -0.356. The number of rotatable bonds is 6. The van der Waals surface area contributed by atoms with E-state index in [1.807, 2.05) is 42.5 Å². The van der Waals surface area contributed by atoms with Gasteiger partial charge in [0.2, 0.25) is 0 Å². The van der Waals surface area contributed by atoms with Gasteiger partial charge in [-0.1, -0.05) is 49.0 Å². The Hall–Kier alpha value is -2.55. The third-order valence-electron chi connectivity index (χ3n) is 3.06. The van der Waals surface area contributed by atoms with E-state index in [9.17, 15) is 4.79 Å². The Balaban J connectivity index is 1.94. The molecule has 0 radical (unpaired) electrons. The smallest absolute Gasteiger partial charge is 0.335 e. The lowest BCUT2D eigenvalue weighted by Crippen LogP contribution is -2.14. The van der Waals surface area contributed by atoms with E-state index >= 15 is 0 Å². The minimum Gasteiger partial charge on any atom is -0.463 e. The Morgan fingerprint density at radius 3 is 2.29 bits per heavy atom. The number of benzene rings is 2. The molecule has 2 rings (SSSR count). The first-order valence-corrected chi connectivity index (χ1v) is 6.95. The predicted molar refractivity (Wildman–Crippen MR) is 86.1 cm³/mol. The van der Waals surface area contributed by atoms with Crippen LogP contribution in [0.5, 0.6) is 0 Å². The fraction of sp³-hybridized carbons (Fsp3) is 0.167. The molecule has 0 spiro atoms. The first-order valence-electron chi connectivity index (χ1n) is 6.95. The zero-order valence-corrected chi connectivity index (χ0v) is 12.1. The van der Waals surface area contributed by atoms with E-state index in [1.165, 1.54) is 5.56 Å². The molecule has 0 fully saturated rings. The molecule has 1 N–H and O–H groups in total. The van der Waals surface area contributed by atoms with Gasteiger partial charge >= 0.3 is 5.97 Å². The van der Waals surface area contributed by atoms with Crippen LogP contribution in [0.4, 0.5) is 5.69 Å². The number of ether oxygens (including phenoxy) is 1. The SMILES string of the molecule is C=C(CNc1ccc(-c2ccccc2)cc1)C(=O)OCC. The minimum absolute atomic E-state index is 0.356. The van der Waals surface area contributed by atoms with E-state index in [-0.39, 0.29) is 5.97 Å². The van der Waals surface area contributed by atoms with Crippen LogP contribution in [0.25, 0.3) is 11.1 Å². The van der Waals surface area contributed by atoms with Crippen molar-refractivity contribution in [1.82, 2.24) is 0 Å². The molecule has 0 aliphatic rings. The van der Waals surface area contributed by atoms with Crippen LogP contribution in [0.15, 0.2) is 66.7 Å². The van der Waals surface area contributed by atoms with Crippen molar-refractivity contribution >= 4 is 11.7 Å². The Morgan fingerprint density at radius 1 is 1.05 bits per heavy atom. The minimum atomic E-state index is -0.356. The van der Waals surface area contributed by atoms with Gasteiger partial charge in [0.05, 0.1) is 6.61 Å². The zero-order valence-electron chi connectivity index (χ0n) is 12.1. The molecule has 0 aromatic heterocycles. The summed E-state index contributed by atoms with van der Waals surface area (Å²) in [5.41, 5.74) is 3.70. The van der Waals surface area contributed by atoms with E-state index in [1.54, 1.807) is 6.92 Å². The summed E-state index contributed by atoms with van der Waals surface area (Å²) in [6.45, 7) is 6.24. The van der Waals surface area contributed by atoms with Crippen molar-refractivity contribution in [3.63, 3.8) is 0 Å². The van der Waals surface area contributed by atoms with Crippen LogP contribution >= 0.6 is 0 Å². The summed E-state index contributed by atoms with van der Waals surface area (Å²) in [7, 11) is 0. The highest BCUT2D eigenvalue weighted by atomic mass is 16.5. The molecule has 0 unspecified atom stereocenters. The molecule has 0 heterocycles. The van der Waals surface area contributed by atoms with Crippen molar-refractivity contribution in [2.45, 2.75) is 6.92 Å². The molecule has 0 aliphatic carbocycles. The molecule has 2 aromatic carbocycles. The van der Waals surface area contributed by atoms with Gasteiger partial charge in [-0.3, -0.25) is 0 Å². The lowest BCUT2D eigenvalue weighted by Gasteiger charge is -2.09. The monoisotopic (exact) mass is 281 g/mol. The third kappa shape index (κ3) is 4.21. The van der Waals surface area contributed by atoms with Gasteiger partial charge in [0.1, 0.15) is 0 Å². The molecule has 2 aromatic rings. The van der Waals surface area contributed by atoms with Crippen molar-refractivity contribution in [1.29, 1.82) is 0 Å². The summed E-state index contributed by atoms with van der Waals surface area (Å²) in [4.78, 5) is 11.4. The van der Waals surface area contributed by atoms with Crippen LogP contribution in [0.2, 0.25) is 0 Å². The maximum absolute atomic E-state index is 11.4. The van der Waals surface area contributed by atoms with Gasteiger partial charge in [0.25, 0.3) is 0 Å². The molecule has 3 nitrogen and oxygen atoms in total. The zero-order chi connectivity index (χ0) is 15.1. The number of carbonyl (C=O) groups is 1. The summed E-state index contributed by atoms with van der Waals surface area (Å²) in [6.07, 6.45) is 0. The van der Waals surface area contributed by atoms with Crippen molar-refractivity contribution in [2.24, 2.45) is 0 Å². The summed E-state index contributed by atoms with van der Waals surface area (Å²) >= 11 is 0. The second-order valence-electron chi connectivity index (χ2n) is 4.62. The normalized spacial score (nSPS) is 9.95. The highest BCUT2D eigenvalue weighted by Gasteiger charge is 2.07. The Bertz CT molecular complexity index is 603. The molecule has 0 atom stereocenters. The topological polar surface area (TPSA) is 38.3 Å². The molecular weight excluding hydrogens is 262 g/mol. The molecule has 21 heavy (non-hydrogen) atoms. The van der Waals surface area contributed by atoms with Crippen molar-refractivity contribution in [2.75, 3.05) is 18.5 Å². The van der Waals surface area contributed by atoms with Crippen LogP contribution in [-0.2, 0) is 9.53 Å². The molecule has 0 saturated heterocycles. The van der Waals surface area contributed by atoms with Crippen molar-refractivity contribution in [3.05, 3.63) is 66.7 Å². The highest BCUT2D eigenvalue weighted by Crippen LogP contribution is 2.21. The van der Waals surface area contributed by atoms with E-state index in [2.05, 4.69) is 24.0 Å². The number of hydrogen-bond acceptors (Lipinski definition) is 3. The summed E-state index contributed by atoms with van der Waals surface area (Å²) in [5, 5.41) is 3.16. The Morgan fingerprint density at radius 2 is 1.67 bits per heavy atom. The maximum Gasteiger partial charge on any atom is 0.335 e. The van der Waals surface area contributed by atoms with Gasteiger partial charge < -0.3 is 10.1 Å². The molecule has 0 aliphatic heterocycles. The average Bonchev–Trinajstić information content (AvgIpc) is 2.54. The first kappa shape index (κ1) is 14.9. The first-order chi connectivity index (χ1) is 10.2. The number of carbonyl (C=O) groups excluding carboxylic acids is 1. The van der Waals surface area contributed by atoms with Gasteiger partial charge in [0.15, 0.2) is 0 Å². The second-order valence-corrected chi connectivity index (χ2v) is 4.62. The lowest BCUT2D eigenvalue weighted by molar-refractivity contribution is -0.138. The van der Waals surface area contributed by atoms with E-state index in [0.29, 0.717) is 18.7 Å². The van der Waals surface area contributed by atoms with Gasteiger partial charge in [0, 0.05) is 17.8 Å². The second kappa shape index (κ2) is 7.29. The molecule has 108 valence electrons. The van der Waals surface area contributed by atoms with Gasteiger partial charge in [-0.05, 0) is 30.2 Å². The largest absolute Gasteiger partial charge is 0.463 e. The molecular formula is C18H19NO2. The van der Waals surface area contributed by atoms with Gasteiger partial charge in [-0.15, -0.1) is 0 Å². The van der Waals surface area contributed by atoms with Crippen LogP contribution in [-0.4, -0.2) is 19.1 Å². The molecule has 3 heteroatoms. The van der Waals surface area contributed by atoms with Crippen molar-refractivity contribution < 1.29 is 9.53 Å². The van der Waals surface area contributed by atoms with E-state index in [4.69, 9.17) is 4.74 Å². The number of hydrogen-bond donors (Lipinski definition) is 1. The fourth-order valence-corrected chi connectivity index (χ4v) is 1.93. The third-order valence-corrected chi connectivity index (χ3v) is 3.06. The predicted octanol–water partition coefficient (Wildman–Crippen LogP) is 3.88. The number of esters is 1. The van der Waals surface area contributed by atoms with E-state index < -0.39 is 0 Å². The lowest BCUT2D eigenvalue weighted by atomic mass is 10.1. The number of nitrogens with one attached hydrogen (secondary N) is 1. The summed E-state index contributed by atoms with van der Waals surface area (Å²) in [6, 6.07) is 18.3. The average molecular weight is 281 g/mol. The van der Waals surface area contributed by atoms with Crippen LogP contribution in [0.3, 0.4) is 0 Å².